The number of amides is 1. The second-order valence-corrected chi connectivity index (χ2v) is 8.56. The molecular formula is C28H27NO4. The normalized spacial score (nSPS) is 17.6. The van der Waals surface area contributed by atoms with E-state index in [1.165, 1.54) is 4.90 Å². The summed E-state index contributed by atoms with van der Waals surface area (Å²) in [6.07, 6.45) is 0.0189. The molecule has 1 aliphatic heterocycles. The molecule has 1 amide bonds. The Hall–Kier alpha value is -3.86. The van der Waals surface area contributed by atoms with Gasteiger partial charge in [-0.05, 0) is 74.7 Å². The number of carbonyl (C=O) groups is 2. The van der Waals surface area contributed by atoms with Gasteiger partial charge in [-0.2, -0.15) is 0 Å². The highest BCUT2D eigenvalue weighted by molar-refractivity contribution is 6.51. The number of aryl methyl sites for hydroxylation is 2. The standard InChI is InChI=1S/C28H27NO4/c1-17(2)33-22-14-12-21(13-15-22)26(30)24-25(20-8-6-5-7-9-20)29(28(32)27(24)31)23-16-18(3)10-11-19(23)4/h5-17,25,30H,1-4H3/b26-24+. The molecule has 0 radical (unpaired) electrons. The van der Waals surface area contributed by atoms with Crippen LogP contribution in [-0.4, -0.2) is 22.9 Å². The molecule has 1 heterocycles. The first kappa shape index (κ1) is 22.3. The number of ether oxygens (including phenoxy) is 1. The molecule has 1 aliphatic rings. The minimum atomic E-state index is -0.738. The number of Topliss-reactive ketones (excluding diaryl/α,β-unsaturated/α-hetero) is 1. The van der Waals surface area contributed by atoms with Gasteiger partial charge in [0.1, 0.15) is 11.5 Å². The van der Waals surface area contributed by atoms with Crippen molar-refractivity contribution in [1.82, 2.24) is 0 Å². The van der Waals surface area contributed by atoms with Crippen LogP contribution in [0.25, 0.3) is 5.76 Å². The van der Waals surface area contributed by atoms with Gasteiger partial charge in [0.15, 0.2) is 0 Å². The smallest absolute Gasteiger partial charge is 0.300 e. The lowest BCUT2D eigenvalue weighted by Crippen LogP contribution is -2.30. The van der Waals surface area contributed by atoms with Crippen LogP contribution >= 0.6 is 0 Å². The summed E-state index contributed by atoms with van der Waals surface area (Å²) in [5, 5.41) is 11.2. The average molecular weight is 442 g/mol. The van der Waals surface area contributed by atoms with Crippen LogP contribution in [0.3, 0.4) is 0 Å². The number of carbonyl (C=O) groups excluding carboxylic acids is 2. The van der Waals surface area contributed by atoms with E-state index < -0.39 is 17.7 Å². The molecule has 5 heteroatoms. The van der Waals surface area contributed by atoms with Crippen molar-refractivity contribution in [3.8, 4) is 5.75 Å². The van der Waals surface area contributed by atoms with Crippen molar-refractivity contribution in [2.45, 2.75) is 39.8 Å². The third-order valence-corrected chi connectivity index (χ3v) is 5.68. The van der Waals surface area contributed by atoms with E-state index in [9.17, 15) is 14.7 Å². The van der Waals surface area contributed by atoms with Gasteiger partial charge in [-0.15, -0.1) is 0 Å². The molecule has 1 N–H and O–H groups in total. The first-order valence-electron chi connectivity index (χ1n) is 11.0. The quantitative estimate of drug-likeness (QED) is 0.313. The third-order valence-electron chi connectivity index (χ3n) is 5.68. The van der Waals surface area contributed by atoms with Crippen LogP contribution < -0.4 is 9.64 Å². The van der Waals surface area contributed by atoms with Crippen LogP contribution in [-0.2, 0) is 9.59 Å². The Morgan fingerprint density at radius 1 is 0.939 bits per heavy atom. The Balaban J connectivity index is 1.88. The largest absolute Gasteiger partial charge is 0.507 e. The van der Waals surface area contributed by atoms with E-state index in [4.69, 9.17) is 4.74 Å². The molecule has 1 unspecified atom stereocenters. The highest BCUT2D eigenvalue weighted by Crippen LogP contribution is 2.43. The van der Waals surface area contributed by atoms with E-state index in [1.54, 1.807) is 24.3 Å². The van der Waals surface area contributed by atoms with Crippen molar-refractivity contribution in [2.24, 2.45) is 0 Å². The fourth-order valence-corrected chi connectivity index (χ4v) is 4.13. The first-order chi connectivity index (χ1) is 15.8. The highest BCUT2D eigenvalue weighted by Gasteiger charge is 2.47. The molecule has 1 fully saturated rings. The Kier molecular flexibility index (Phi) is 6.05. The SMILES string of the molecule is Cc1ccc(C)c(N2C(=O)C(=O)/C(=C(/O)c3ccc(OC(C)C)cc3)C2c2ccccc2)c1. The van der Waals surface area contributed by atoms with Gasteiger partial charge >= 0.3 is 0 Å². The Bertz CT molecular complexity index is 1230. The number of hydrogen-bond acceptors (Lipinski definition) is 4. The monoisotopic (exact) mass is 441 g/mol. The molecule has 1 atom stereocenters. The fourth-order valence-electron chi connectivity index (χ4n) is 4.13. The predicted octanol–water partition coefficient (Wildman–Crippen LogP) is 5.72. The lowest BCUT2D eigenvalue weighted by molar-refractivity contribution is -0.132. The number of benzene rings is 3. The molecule has 1 saturated heterocycles. The summed E-state index contributed by atoms with van der Waals surface area (Å²) in [5.74, 6) is -0.897. The third kappa shape index (κ3) is 4.27. The van der Waals surface area contributed by atoms with Crippen LogP contribution in [0.2, 0.25) is 0 Å². The first-order valence-corrected chi connectivity index (χ1v) is 11.0. The van der Waals surface area contributed by atoms with E-state index in [-0.39, 0.29) is 17.4 Å². The maximum Gasteiger partial charge on any atom is 0.300 e. The zero-order valence-electron chi connectivity index (χ0n) is 19.2. The van der Waals surface area contributed by atoms with Gasteiger partial charge < -0.3 is 9.84 Å². The van der Waals surface area contributed by atoms with Gasteiger partial charge in [0, 0.05) is 11.3 Å². The molecule has 168 valence electrons. The minimum Gasteiger partial charge on any atom is -0.507 e. The number of anilines is 1. The highest BCUT2D eigenvalue weighted by atomic mass is 16.5. The van der Waals surface area contributed by atoms with E-state index >= 15 is 0 Å². The average Bonchev–Trinajstić information content (AvgIpc) is 3.06. The maximum atomic E-state index is 13.3. The predicted molar refractivity (Wildman–Crippen MR) is 129 cm³/mol. The number of rotatable bonds is 5. The van der Waals surface area contributed by atoms with Crippen LogP contribution in [0.4, 0.5) is 5.69 Å². The Morgan fingerprint density at radius 2 is 1.61 bits per heavy atom. The second-order valence-electron chi connectivity index (χ2n) is 8.56. The maximum absolute atomic E-state index is 13.3. The summed E-state index contributed by atoms with van der Waals surface area (Å²) in [5.41, 5.74) is 3.78. The van der Waals surface area contributed by atoms with E-state index in [0.717, 1.165) is 16.7 Å². The van der Waals surface area contributed by atoms with Crippen molar-refractivity contribution in [1.29, 1.82) is 0 Å². The van der Waals surface area contributed by atoms with Crippen LogP contribution in [0.15, 0.2) is 78.4 Å². The molecule has 3 aromatic carbocycles. The fraction of sp³-hybridized carbons (Fsp3) is 0.214. The summed E-state index contributed by atoms with van der Waals surface area (Å²) in [7, 11) is 0. The molecule has 0 spiro atoms. The molecule has 5 nitrogen and oxygen atoms in total. The lowest BCUT2D eigenvalue weighted by atomic mass is 9.95. The molecule has 0 aliphatic carbocycles. The molecule has 0 aromatic heterocycles. The number of hydrogen-bond donors (Lipinski definition) is 1. The summed E-state index contributed by atoms with van der Waals surface area (Å²) >= 11 is 0. The Morgan fingerprint density at radius 3 is 2.24 bits per heavy atom. The summed E-state index contributed by atoms with van der Waals surface area (Å²) in [6, 6.07) is 21.2. The summed E-state index contributed by atoms with van der Waals surface area (Å²) in [4.78, 5) is 28.0. The van der Waals surface area contributed by atoms with Crippen LogP contribution in [0, 0.1) is 13.8 Å². The van der Waals surface area contributed by atoms with Gasteiger partial charge in [0.25, 0.3) is 11.7 Å². The Labute approximate surface area is 193 Å². The summed E-state index contributed by atoms with van der Waals surface area (Å²) in [6.45, 7) is 7.71. The second kappa shape index (κ2) is 8.94. The van der Waals surface area contributed by atoms with Gasteiger partial charge in [-0.25, -0.2) is 0 Å². The number of ketones is 1. The zero-order valence-corrected chi connectivity index (χ0v) is 19.2. The van der Waals surface area contributed by atoms with Gasteiger partial charge in [-0.1, -0.05) is 42.5 Å². The zero-order chi connectivity index (χ0) is 23.7. The molecular weight excluding hydrogens is 414 g/mol. The van der Waals surface area contributed by atoms with Crippen molar-refractivity contribution >= 4 is 23.1 Å². The van der Waals surface area contributed by atoms with Crippen molar-refractivity contribution in [3.63, 3.8) is 0 Å². The topological polar surface area (TPSA) is 66.8 Å². The molecule has 4 rings (SSSR count). The molecule has 0 bridgehead atoms. The number of aliphatic hydroxyl groups is 1. The van der Waals surface area contributed by atoms with E-state index in [2.05, 4.69) is 0 Å². The van der Waals surface area contributed by atoms with Crippen molar-refractivity contribution < 1.29 is 19.4 Å². The lowest BCUT2D eigenvalue weighted by Gasteiger charge is -2.27. The number of aliphatic hydroxyl groups excluding tert-OH is 1. The van der Waals surface area contributed by atoms with Crippen molar-refractivity contribution in [2.75, 3.05) is 4.90 Å². The molecule has 33 heavy (non-hydrogen) atoms. The minimum absolute atomic E-state index is 0.0189. The van der Waals surface area contributed by atoms with Crippen molar-refractivity contribution in [3.05, 3.63) is 101 Å². The summed E-state index contributed by atoms with van der Waals surface area (Å²) < 4.78 is 5.68. The van der Waals surface area contributed by atoms with Gasteiger partial charge in [0.2, 0.25) is 0 Å². The molecule has 0 saturated carbocycles. The van der Waals surface area contributed by atoms with E-state index in [1.807, 2.05) is 76.2 Å². The molecule has 3 aromatic rings. The van der Waals surface area contributed by atoms with E-state index in [0.29, 0.717) is 17.0 Å². The van der Waals surface area contributed by atoms with Crippen LogP contribution in [0.1, 0.15) is 42.1 Å². The van der Waals surface area contributed by atoms with Gasteiger partial charge in [-0.3, -0.25) is 14.5 Å². The van der Waals surface area contributed by atoms with Gasteiger partial charge in [0.05, 0.1) is 17.7 Å². The van der Waals surface area contributed by atoms with Crippen LogP contribution in [0.5, 0.6) is 5.75 Å². The number of nitrogens with zero attached hydrogens (tertiary/aromatic N) is 1.